The maximum Gasteiger partial charge on any atom is 0.222 e. The summed E-state index contributed by atoms with van der Waals surface area (Å²) in [7, 11) is 0. The number of piperidine rings is 1. The van der Waals surface area contributed by atoms with Crippen LogP contribution < -0.4 is 0 Å². The van der Waals surface area contributed by atoms with E-state index in [4.69, 9.17) is 4.74 Å². The van der Waals surface area contributed by atoms with E-state index in [1.54, 1.807) is 0 Å². The second-order valence-corrected chi connectivity index (χ2v) is 7.38. The number of carbonyl (C=O) groups excluding carboxylic acids is 1. The molecule has 1 aromatic rings. The van der Waals surface area contributed by atoms with E-state index in [0.29, 0.717) is 31.7 Å². The molecule has 7 heteroatoms. The molecule has 0 atom stereocenters. The average molecular weight is 384 g/mol. The highest BCUT2D eigenvalue weighted by molar-refractivity contribution is 5.76. The van der Waals surface area contributed by atoms with E-state index in [1.165, 1.54) is 0 Å². The number of amides is 1. The van der Waals surface area contributed by atoms with Crippen molar-refractivity contribution in [2.45, 2.75) is 57.7 Å². The molecule has 27 heavy (non-hydrogen) atoms. The van der Waals surface area contributed by atoms with Gasteiger partial charge in [0.25, 0.3) is 0 Å². The van der Waals surface area contributed by atoms with Gasteiger partial charge in [-0.15, -0.1) is 0 Å². The lowest BCUT2D eigenvalue weighted by molar-refractivity contribution is -0.139. The topological polar surface area (TPSA) is 32.8 Å². The zero-order valence-corrected chi connectivity index (χ0v) is 15.7. The maximum atomic E-state index is 13.4. The first-order valence-electron chi connectivity index (χ1n) is 9.74. The van der Waals surface area contributed by atoms with Gasteiger partial charge in [-0.25, -0.2) is 13.2 Å². The molecule has 2 heterocycles. The number of ether oxygens (including phenoxy) is 1. The summed E-state index contributed by atoms with van der Waals surface area (Å²) in [5, 5.41) is 0. The highest BCUT2D eigenvalue weighted by Crippen LogP contribution is 2.26. The maximum absolute atomic E-state index is 13.4. The van der Waals surface area contributed by atoms with Crippen LogP contribution in [0.15, 0.2) is 12.1 Å². The number of benzene rings is 1. The first-order valence-corrected chi connectivity index (χ1v) is 9.74. The van der Waals surface area contributed by atoms with Gasteiger partial charge >= 0.3 is 0 Å². The van der Waals surface area contributed by atoms with Gasteiger partial charge < -0.3 is 9.64 Å². The molecule has 0 radical (unpaired) electrons. The quantitative estimate of drug-likeness (QED) is 0.729. The Bertz CT molecular complexity index is 634. The zero-order valence-electron chi connectivity index (χ0n) is 15.7. The van der Waals surface area contributed by atoms with Crippen molar-refractivity contribution in [1.29, 1.82) is 0 Å². The summed E-state index contributed by atoms with van der Waals surface area (Å²) in [5.41, 5.74) is 0.427. The molecule has 2 aliphatic rings. The van der Waals surface area contributed by atoms with Crippen LogP contribution in [0.5, 0.6) is 0 Å². The Balaban J connectivity index is 1.60. The van der Waals surface area contributed by atoms with Gasteiger partial charge in [0.2, 0.25) is 5.91 Å². The summed E-state index contributed by atoms with van der Waals surface area (Å²) in [4.78, 5) is 16.7. The van der Waals surface area contributed by atoms with Crippen LogP contribution in [0.1, 0.15) is 44.6 Å². The van der Waals surface area contributed by atoms with Gasteiger partial charge in [-0.3, -0.25) is 9.69 Å². The molecule has 0 aliphatic carbocycles. The van der Waals surface area contributed by atoms with Crippen LogP contribution in [0.4, 0.5) is 13.2 Å². The van der Waals surface area contributed by atoms with Crippen molar-refractivity contribution in [2.75, 3.05) is 26.3 Å². The lowest BCUT2D eigenvalue weighted by Gasteiger charge is -2.43. The van der Waals surface area contributed by atoms with Gasteiger partial charge in [0, 0.05) is 51.4 Å². The minimum Gasteiger partial charge on any atom is -0.381 e. The summed E-state index contributed by atoms with van der Waals surface area (Å²) in [6.07, 6.45) is 3.90. The smallest absolute Gasteiger partial charge is 0.222 e. The van der Waals surface area contributed by atoms with E-state index in [2.05, 4.69) is 9.80 Å². The van der Waals surface area contributed by atoms with E-state index in [-0.39, 0.29) is 18.0 Å². The number of hydrogen-bond donors (Lipinski definition) is 0. The van der Waals surface area contributed by atoms with Crippen molar-refractivity contribution in [3.63, 3.8) is 0 Å². The summed E-state index contributed by atoms with van der Waals surface area (Å²) in [6.45, 7) is 5.13. The van der Waals surface area contributed by atoms with Crippen LogP contribution in [0, 0.1) is 17.5 Å². The van der Waals surface area contributed by atoms with Crippen LogP contribution in [0.2, 0.25) is 0 Å². The molecule has 0 bridgehead atoms. The van der Waals surface area contributed by atoms with E-state index < -0.39 is 17.5 Å². The molecule has 2 saturated heterocycles. The fourth-order valence-electron chi connectivity index (χ4n) is 4.16. The summed E-state index contributed by atoms with van der Waals surface area (Å²) in [6, 6.07) is 2.54. The highest BCUT2D eigenvalue weighted by Gasteiger charge is 2.33. The molecule has 0 N–H and O–H groups in total. The predicted octanol–water partition coefficient (Wildman–Crippen LogP) is 3.49. The molecule has 3 rings (SSSR count). The Kier molecular flexibility index (Phi) is 6.76. The molecular weight excluding hydrogens is 357 g/mol. The third kappa shape index (κ3) is 4.82. The summed E-state index contributed by atoms with van der Waals surface area (Å²) in [5.74, 6) is -3.55. The van der Waals surface area contributed by atoms with Gasteiger partial charge in [-0.05, 0) is 43.4 Å². The molecule has 2 fully saturated rings. The molecular formula is C20H27F3N2O2. The van der Waals surface area contributed by atoms with Gasteiger partial charge in [0.15, 0.2) is 17.5 Å². The predicted molar refractivity (Wildman–Crippen MR) is 95.6 cm³/mol. The lowest BCUT2D eigenvalue weighted by Crippen LogP contribution is -2.52. The van der Waals surface area contributed by atoms with Crippen LogP contribution in [-0.2, 0) is 16.1 Å². The first-order chi connectivity index (χ1) is 13.0. The van der Waals surface area contributed by atoms with Crippen molar-refractivity contribution >= 4 is 5.91 Å². The van der Waals surface area contributed by atoms with E-state index >= 15 is 0 Å². The number of likely N-dealkylation sites (tertiary alicyclic amines) is 1. The second kappa shape index (κ2) is 9.06. The highest BCUT2D eigenvalue weighted by atomic mass is 19.2. The molecule has 4 nitrogen and oxygen atoms in total. The molecule has 1 amide bonds. The Hall–Kier alpha value is -1.60. The summed E-state index contributed by atoms with van der Waals surface area (Å²) < 4.78 is 45.3. The minimum atomic E-state index is -1.43. The van der Waals surface area contributed by atoms with E-state index in [9.17, 15) is 18.0 Å². The SMILES string of the molecule is CCC(=O)N(C1CCOCC1)C1CCN(Cc2cc(F)c(F)c(F)c2)CC1. The van der Waals surface area contributed by atoms with Crippen LogP contribution in [0.3, 0.4) is 0 Å². The average Bonchev–Trinajstić information content (AvgIpc) is 2.68. The number of hydrogen-bond acceptors (Lipinski definition) is 3. The standard InChI is InChI=1S/C20H27F3N2O2/c1-2-19(26)25(16-5-9-27-10-6-16)15-3-7-24(8-4-15)13-14-11-17(21)20(23)18(22)12-14/h11-12,15-16H,2-10,13H2,1H3. The molecule has 1 aromatic carbocycles. The lowest BCUT2D eigenvalue weighted by atomic mass is 9.97. The molecule has 0 unspecified atom stereocenters. The van der Waals surface area contributed by atoms with Gasteiger partial charge in [0.05, 0.1) is 0 Å². The molecule has 0 spiro atoms. The van der Waals surface area contributed by atoms with Crippen molar-refractivity contribution in [1.82, 2.24) is 9.80 Å². The number of rotatable bonds is 5. The third-order valence-electron chi connectivity index (χ3n) is 5.57. The fourth-order valence-corrected chi connectivity index (χ4v) is 4.16. The molecule has 0 saturated carbocycles. The van der Waals surface area contributed by atoms with Crippen molar-refractivity contribution in [3.05, 3.63) is 35.1 Å². The zero-order chi connectivity index (χ0) is 19.4. The van der Waals surface area contributed by atoms with Gasteiger partial charge in [-0.2, -0.15) is 0 Å². The Morgan fingerprint density at radius 3 is 2.19 bits per heavy atom. The van der Waals surface area contributed by atoms with Gasteiger partial charge in [-0.1, -0.05) is 6.92 Å². The van der Waals surface area contributed by atoms with Crippen LogP contribution in [-0.4, -0.2) is 54.1 Å². The molecule has 2 aliphatic heterocycles. The number of nitrogens with zero attached hydrogens (tertiary/aromatic N) is 2. The Morgan fingerprint density at radius 1 is 1.07 bits per heavy atom. The molecule has 0 aromatic heterocycles. The monoisotopic (exact) mass is 384 g/mol. The minimum absolute atomic E-state index is 0.183. The van der Waals surface area contributed by atoms with Gasteiger partial charge in [0.1, 0.15) is 0 Å². The van der Waals surface area contributed by atoms with E-state index in [0.717, 1.165) is 50.9 Å². The van der Waals surface area contributed by atoms with Crippen molar-refractivity contribution in [2.24, 2.45) is 0 Å². The Labute approximate surface area is 158 Å². The number of halogens is 3. The normalized spacial score (nSPS) is 20.0. The van der Waals surface area contributed by atoms with E-state index in [1.807, 2.05) is 6.92 Å². The fraction of sp³-hybridized carbons (Fsp3) is 0.650. The number of carbonyl (C=O) groups is 1. The first kappa shape index (κ1) is 20.1. The van der Waals surface area contributed by atoms with Crippen LogP contribution in [0.25, 0.3) is 0 Å². The molecule has 150 valence electrons. The Morgan fingerprint density at radius 2 is 1.63 bits per heavy atom. The van der Waals surface area contributed by atoms with Crippen LogP contribution >= 0.6 is 0 Å². The van der Waals surface area contributed by atoms with Crippen molar-refractivity contribution in [3.8, 4) is 0 Å². The second-order valence-electron chi connectivity index (χ2n) is 7.38. The summed E-state index contributed by atoms with van der Waals surface area (Å²) >= 11 is 0. The largest absolute Gasteiger partial charge is 0.381 e. The van der Waals surface area contributed by atoms with Crippen molar-refractivity contribution < 1.29 is 22.7 Å². The third-order valence-corrected chi connectivity index (χ3v) is 5.57.